The van der Waals surface area contributed by atoms with Crippen molar-refractivity contribution in [1.29, 1.82) is 0 Å². The first-order chi connectivity index (χ1) is 7.30. The van der Waals surface area contributed by atoms with Gasteiger partial charge in [0.15, 0.2) is 0 Å². The van der Waals surface area contributed by atoms with E-state index in [1.165, 1.54) is 27.0 Å². The highest BCUT2D eigenvalue weighted by Gasteiger charge is 2.35. The molecule has 1 N–H and O–H groups in total. The maximum absolute atomic E-state index is 13.8. The lowest BCUT2D eigenvalue weighted by Gasteiger charge is -2.23. The van der Waals surface area contributed by atoms with Crippen LogP contribution in [0.25, 0.3) is 0 Å². The van der Waals surface area contributed by atoms with Gasteiger partial charge in [0.05, 0.1) is 12.5 Å². The second-order valence-electron chi connectivity index (χ2n) is 4.25. The van der Waals surface area contributed by atoms with Crippen LogP contribution in [0.2, 0.25) is 0 Å². The average molecular weight is 226 g/mol. The number of carbonyl (C=O) groups is 1. The van der Waals surface area contributed by atoms with Gasteiger partial charge in [-0.05, 0) is 38.5 Å². The number of hydrogen-bond acceptors (Lipinski definition) is 2. The summed E-state index contributed by atoms with van der Waals surface area (Å²) in [4.78, 5) is 11.1. The van der Waals surface area contributed by atoms with E-state index in [-0.39, 0.29) is 11.3 Å². The summed E-state index contributed by atoms with van der Waals surface area (Å²) in [5, 5.41) is 9.09. The Morgan fingerprint density at radius 2 is 2.00 bits per heavy atom. The lowest BCUT2D eigenvalue weighted by Crippen LogP contribution is -2.30. The molecule has 0 heterocycles. The van der Waals surface area contributed by atoms with E-state index >= 15 is 0 Å². The smallest absolute Gasteiger partial charge is 0.313 e. The van der Waals surface area contributed by atoms with E-state index in [0.29, 0.717) is 5.56 Å². The Morgan fingerprint density at radius 1 is 1.44 bits per heavy atom. The highest BCUT2D eigenvalue weighted by molar-refractivity contribution is 5.81. The fourth-order valence-corrected chi connectivity index (χ4v) is 1.58. The molecule has 0 saturated heterocycles. The minimum atomic E-state index is -1.32. The van der Waals surface area contributed by atoms with E-state index in [9.17, 15) is 9.18 Å². The number of benzene rings is 1. The molecule has 0 aliphatic rings. The fourth-order valence-electron chi connectivity index (χ4n) is 1.58. The molecular formula is C12H15FO3. The van der Waals surface area contributed by atoms with Crippen LogP contribution < -0.4 is 4.74 Å². The van der Waals surface area contributed by atoms with Crippen LogP contribution in [0, 0.1) is 12.7 Å². The molecule has 16 heavy (non-hydrogen) atoms. The van der Waals surface area contributed by atoms with Crippen molar-refractivity contribution in [3.63, 3.8) is 0 Å². The number of carboxylic acid groups (broad SMARTS) is 1. The van der Waals surface area contributed by atoms with Crippen LogP contribution in [-0.2, 0) is 10.2 Å². The minimum Gasteiger partial charge on any atom is -0.496 e. The van der Waals surface area contributed by atoms with Crippen LogP contribution in [0.5, 0.6) is 5.75 Å². The summed E-state index contributed by atoms with van der Waals surface area (Å²) in [5.74, 6) is -1.37. The first kappa shape index (κ1) is 12.5. The summed E-state index contributed by atoms with van der Waals surface area (Å²) in [6.07, 6.45) is 0. The Balaban J connectivity index is 3.49. The zero-order chi connectivity index (χ0) is 12.5. The highest BCUT2D eigenvalue weighted by atomic mass is 19.1. The third-order valence-corrected chi connectivity index (χ3v) is 2.58. The monoisotopic (exact) mass is 226 g/mol. The van der Waals surface area contributed by atoms with Crippen LogP contribution in [-0.4, -0.2) is 18.2 Å². The van der Waals surface area contributed by atoms with Crippen molar-refractivity contribution in [3.05, 3.63) is 29.1 Å². The SMILES string of the molecule is COc1cc(C)cc(F)c1C(C)(C)C(=O)O. The fraction of sp³-hybridized carbons (Fsp3) is 0.417. The number of aryl methyl sites for hydroxylation is 1. The molecule has 0 amide bonds. The second kappa shape index (κ2) is 4.12. The topological polar surface area (TPSA) is 46.5 Å². The Hall–Kier alpha value is -1.58. The molecule has 3 nitrogen and oxygen atoms in total. The Kier molecular flexibility index (Phi) is 3.21. The predicted octanol–water partition coefficient (Wildman–Crippen LogP) is 2.50. The quantitative estimate of drug-likeness (QED) is 0.861. The second-order valence-corrected chi connectivity index (χ2v) is 4.25. The maximum atomic E-state index is 13.8. The Bertz CT molecular complexity index is 425. The van der Waals surface area contributed by atoms with Crippen molar-refractivity contribution in [2.45, 2.75) is 26.2 Å². The van der Waals surface area contributed by atoms with Gasteiger partial charge >= 0.3 is 5.97 Å². The third-order valence-electron chi connectivity index (χ3n) is 2.58. The number of rotatable bonds is 3. The molecule has 0 saturated carbocycles. The van der Waals surface area contributed by atoms with Crippen LogP contribution >= 0.6 is 0 Å². The molecule has 1 rings (SSSR count). The van der Waals surface area contributed by atoms with Gasteiger partial charge < -0.3 is 9.84 Å². The molecule has 0 unspecified atom stereocenters. The summed E-state index contributed by atoms with van der Waals surface area (Å²) >= 11 is 0. The molecule has 0 radical (unpaired) electrons. The number of aliphatic carboxylic acids is 1. The van der Waals surface area contributed by atoms with E-state index in [2.05, 4.69) is 0 Å². The summed E-state index contributed by atoms with van der Waals surface area (Å²) in [6, 6.07) is 2.94. The number of methoxy groups -OCH3 is 1. The molecule has 4 heteroatoms. The molecular weight excluding hydrogens is 211 g/mol. The van der Waals surface area contributed by atoms with Crippen molar-refractivity contribution < 1.29 is 19.0 Å². The van der Waals surface area contributed by atoms with E-state index in [0.717, 1.165) is 0 Å². The number of halogens is 1. The summed E-state index contributed by atoms with van der Waals surface area (Å²) in [5.41, 5.74) is -0.546. The van der Waals surface area contributed by atoms with Crippen molar-refractivity contribution in [2.75, 3.05) is 7.11 Å². The Labute approximate surface area is 93.9 Å². The van der Waals surface area contributed by atoms with Crippen LogP contribution in [0.4, 0.5) is 4.39 Å². The van der Waals surface area contributed by atoms with E-state index in [4.69, 9.17) is 9.84 Å². The van der Waals surface area contributed by atoms with E-state index in [1.54, 1.807) is 13.0 Å². The molecule has 0 bridgehead atoms. The zero-order valence-corrected chi connectivity index (χ0v) is 9.80. The van der Waals surface area contributed by atoms with Gasteiger partial charge in [-0.25, -0.2) is 4.39 Å². The largest absolute Gasteiger partial charge is 0.496 e. The average Bonchev–Trinajstić information content (AvgIpc) is 2.15. The van der Waals surface area contributed by atoms with Gasteiger partial charge in [-0.15, -0.1) is 0 Å². The molecule has 0 aliphatic heterocycles. The van der Waals surface area contributed by atoms with Gasteiger partial charge in [0.25, 0.3) is 0 Å². The van der Waals surface area contributed by atoms with Crippen LogP contribution in [0.1, 0.15) is 25.0 Å². The number of hydrogen-bond donors (Lipinski definition) is 1. The van der Waals surface area contributed by atoms with Crippen molar-refractivity contribution >= 4 is 5.97 Å². The van der Waals surface area contributed by atoms with Gasteiger partial charge in [-0.2, -0.15) is 0 Å². The van der Waals surface area contributed by atoms with Gasteiger partial charge in [-0.3, -0.25) is 4.79 Å². The molecule has 0 aromatic heterocycles. The van der Waals surface area contributed by atoms with Crippen LogP contribution in [0.15, 0.2) is 12.1 Å². The number of ether oxygens (including phenoxy) is 1. The molecule has 0 atom stereocenters. The summed E-state index contributed by atoms with van der Waals surface area (Å²) < 4.78 is 18.9. The highest BCUT2D eigenvalue weighted by Crippen LogP contribution is 2.35. The van der Waals surface area contributed by atoms with Gasteiger partial charge in [0.1, 0.15) is 11.6 Å². The van der Waals surface area contributed by atoms with E-state index in [1.807, 2.05) is 0 Å². The predicted molar refractivity (Wildman–Crippen MR) is 58.4 cm³/mol. The van der Waals surface area contributed by atoms with Gasteiger partial charge in [-0.1, -0.05) is 0 Å². The molecule has 0 aliphatic carbocycles. The molecule has 0 fully saturated rings. The molecule has 88 valence electrons. The van der Waals surface area contributed by atoms with Crippen molar-refractivity contribution in [3.8, 4) is 5.75 Å². The van der Waals surface area contributed by atoms with Crippen molar-refractivity contribution in [1.82, 2.24) is 0 Å². The van der Waals surface area contributed by atoms with E-state index < -0.39 is 17.2 Å². The minimum absolute atomic E-state index is 0.0769. The Morgan fingerprint density at radius 3 is 2.44 bits per heavy atom. The maximum Gasteiger partial charge on any atom is 0.313 e. The normalized spacial score (nSPS) is 11.3. The van der Waals surface area contributed by atoms with Crippen LogP contribution in [0.3, 0.4) is 0 Å². The number of carboxylic acids is 1. The zero-order valence-electron chi connectivity index (χ0n) is 9.80. The first-order valence-electron chi connectivity index (χ1n) is 4.88. The lowest BCUT2D eigenvalue weighted by molar-refractivity contribution is -0.142. The molecule has 1 aromatic rings. The third kappa shape index (κ3) is 2.01. The lowest BCUT2D eigenvalue weighted by atomic mass is 9.83. The van der Waals surface area contributed by atoms with Crippen molar-refractivity contribution in [2.24, 2.45) is 0 Å². The standard InChI is InChI=1S/C12H15FO3/c1-7-5-8(13)10(9(6-7)16-4)12(2,3)11(14)15/h5-6H,1-4H3,(H,14,15). The molecule has 0 spiro atoms. The molecule has 1 aromatic carbocycles. The van der Waals surface area contributed by atoms with Gasteiger partial charge in [0.2, 0.25) is 0 Å². The summed E-state index contributed by atoms with van der Waals surface area (Å²) in [6.45, 7) is 4.63. The first-order valence-corrected chi connectivity index (χ1v) is 4.88. The van der Waals surface area contributed by atoms with Gasteiger partial charge in [0, 0.05) is 5.56 Å². The summed E-state index contributed by atoms with van der Waals surface area (Å²) in [7, 11) is 1.40.